The number of ether oxygens (including phenoxy) is 2. The van der Waals surface area contributed by atoms with Gasteiger partial charge in [0, 0.05) is 19.5 Å². The minimum atomic E-state index is 0.632. The molecule has 1 fully saturated rings. The zero-order valence-corrected chi connectivity index (χ0v) is 10.4. The van der Waals surface area contributed by atoms with E-state index in [4.69, 9.17) is 14.9 Å². The molecule has 4 heteroatoms. The van der Waals surface area contributed by atoms with Gasteiger partial charge in [-0.2, -0.15) is 0 Å². The molecule has 1 saturated heterocycles. The summed E-state index contributed by atoms with van der Waals surface area (Å²) in [5.41, 5.74) is 1.25. The molecular formula is C14H18N2O2. The number of fused-ring (bicyclic) bond motifs is 1. The van der Waals surface area contributed by atoms with Crippen molar-refractivity contribution in [2.75, 3.05) is 26.3 Å². The van der Waals surface area contributed by atoms with Crippen LogP contribution in [0.3, 0.4) is 0 Å². The van der Waals surface area contributed by atoms with Gasteiger partial charge in [-0.3, -0.25) is 5.41 Å². The van der Waals surface area contributed by atoms with Crippen LogP contribution >= 0.6 is 0 Å². The maximum atomic E-state index is 7.80. The van der Waals surface area contributed by atoms with E-state index < -0.39 is 0 Å². The Bertz CT molecular complexity index is 459. The van der Waals surface area contributed by atoms with Crippen LogP contribution in [-0.4, -0.2) is 37.0 Å². The zero-order valence-electron chi connectivity index (χ0n) is 10.4. The van der Waals surface area contributed by atoms with Crippen molar-refractivity contribution in [3.63, 3.8) is 0 Å². The molecule has 18 heavy (non-hydrogen) atoms. The number of likely N-dealkylation sites (tertiary alicyclic amines) is 1. The lowest BCUT2D eigenvalue weighted by atomic mass is 10.1. The summed E-state index contributed by atoms with van der Waals surface area (Å²) in [6.07, 6.45) is 3.01. The highest BCUT2D eigenvalue weighted by Crippen LogP contribution is 2.30. The minimum Gasteiger partial charge on any atom is -0.486 e. The van der Waals surface area contributed by atoms with Crippen LogP contribution in [0.5, 0.6) is 11.5 Å². The molecule has 0 saturated carbocycles. The van der Waals surface area contributed by atoms with Crippen molar-refractivity contribution < 1.29 is 9.47 Å². The molecule has 1 aromatic rings. The van der Waals surface area contributed by atoms with E-state index in [0.29, 0.717) is 13.2 Å². The van der Waals surface area contributed by atoms with Crippen LogP contribution in [0.25, 0.3) is 0 Å². The molecule has 0 radical (unpaired) electrons. The van der Waals surface area contributed by atoms with Gasteiger partial charge in [0.05, 0.1) is 5.84 Å². The Hall–Kier alpha value is -1.71. The fraction of sp³-hybridized carbons (Fsp3) is 0.500. The molecule has 3 rings (SSSR count). The van der Waals surface area contributed by atoms with E-state index in [-0.39, 0.29) is 0 Å². The average Bonchev–Trinajstić information content (AvgIpc) is 2.82. The third kappa shape index (κ3) is 2.28. The zero-order chi connectivity index (χ0) is 12.4. The molecule has 0 atom stereocenters. The number of benzene rings is 1. The second-order valence-corrected chi connectivity index (χ2v) is 4.77. The molecule has 0 aromatic heterocycles. The van der Waals surface area contributed by atoms with Gasteiger partial charge in [-0.25, -0.2) is 0 Å². The fourth-order valence-corrected chi connectivity index (χ4v) is 2.48. The Morgan fingerprint density at radius 2 is 2.00 bits per heavy atom. The molecule has 2 aliphatic rings. The normalized spacial score (nSPS) is 18.2. The Morgan fingerprint density at radius 1 is 1.17 bits per heavy atom. The van der Waals surface area contributed by atoms with Gasteiger partial charge in [0.15, 0.2) is 11.5 Å². The highest BCUT2D eigenvalue weighted by atomic mass is 16.6. The molecule has 1 N–H and O–H groups in total. The van der Waals surface area contributed by atoms with Crippen LogP contribution in [-0.2, 0) is 6.42 Å². The van der Waals surface area contributed by atoms with Gasteiger partial charge in [0.1, 0.15) is 13.2 Å². The van der Waals surface area contributed by atoms with Crippen LogP contribution in [0.15, 0.2) is 18.2 Å². The molecule has 1 aromatic carbocycles. The molecule has 0 spiro atoms. The first-order valence-electron chi connectivity index (χ1n) is 6.54. The number of hydrogen-bond donors (Lipinski definition) is 1. The van der Waals surface area contributed by atoms with E-state index in [1.807, 2.05) is 6.07 Å². The van der Waals surface area contributed by atoms with E-state index in [9.17, 15) is 0 Å². The van der Waals surface area contributed by atoms with Gasteiger partial charge in [-0.1, -0.05) is 6.07 Å². The summed E-state index contributed by atoms with van der Waals surface area (Å²) < 4.78 is 11.1. The quantitative estimate of drug-likeness (QED) is 0.888. The summed E-state index contributed by atoms with van der Waals surface area (Å²) >= 11 is 0. The molecular weight excluding hydrogens is 228 g/mol. The van der Waals surface area contributed by atoms with Crippen LogP contribution in [0.1, 0.15) is 18.4 Å². The van der Waals surface area contributed by atoms with Crippen LogP contribution in [0.2, 0.25) is 0 Å². The van der Waals surface area contributed by atoms with Crippen molar-refractivity contribution in [1.29, 1.82) is 5.41 Å². The molecule has 0 aliphatic carbocycles. The van der Waals surface area contributed by atoms with Gasteiger partial charge in [-0.15, -0.1) is 0 Å². The molecule has 0 unspecified atom stereocenters. The average molecular weight is 246 g/mol. The molecule has 2 heterocycles. The Morgan fingerprint density at radius 3 is 2.78 bits per heavy atom. The van der Waals surface area contributed by atoms with Crippen molar-refractivity contribution in [3.8, 4) is 11.5 Å². The standard InChI is InChI=1S/C14H18N2O2/c15-14-2-1-6-16(14)7-5-11-3-4-12-13(10-11)18-9-8-17-12/h3-4,10,15H,1-2,5-9H2. The topological polar surface area (TPSA) is 45.6 Å². The van der Waals surface area contributed by atoms with E-state index in [1.54, 1.807) is 0 Å². The first-order valence-corrected chi connectivity index (χ1v) is 6.54. The summed E-state index contributed by atoms with van der Waals surface area (Å²) in [6, 6.07) is 6.14. The van der Waals surface area contributed by atoms with Crippen molar-refractivity contribution in [2.45, 2.75) is 19.3 Å². The second kappa shape index (κ2) is 4.88. The highest BCUT2D eigenvalue weighted by molar-refractivity contribution is 5.80. The Labute approximate surface area is 107 Å². The van der Waals surface area contributed by atoms with E-state index >= 15 is 0 Å². The number of hydrogen-bond acceptors (Lipinski definition) is 3. The Balaban J connectivity index is 1.64. The summed E-state index contributed by atoms with van der Waals surface area (Å²) in [6.45, 7) is 3.23. The lowest BCUT2D eigenvalue weighted by Crippen LogP contribution is -2.26. The van der Waals surface area contributed by atoms with Crippen LogP contribution in [0, 0.1) is 5.41 Å². The summed E-state index contributed by atoms with van der Waals surface area (Å²) in [5, 5.41) is 7.80. The molecule has 96 valence electrons. The summed E-state index contributed by atoms with van der Waals surface area (Å²) in [7, 11) is 0. The largest absolute Gasteiger partial charge is 0.486 e. The number of rotatable bonds is 3. The first-order chi connectivity index (χ1) is 8.83. The highest BCUT2D eigenvalue weighted by Gasteiger charge is 2.17. The van der Waals surface area contributed by atoms with Gasteiger partial charge in [-0.05, 0) is 30.5 Å². The van der Waals surface area contributed by atoms with Crippen molar-refractivity contribution in [2.24, 2.45) is 0 Å². The van der Waals surface area contributed by atoms with Gasteiger partial charge in [0.2, 0.25) is 0 Å². The lowest BCUT2D eigenvalue weighted by Gasteiger charge is -2.20. The number of nitrogens with zero attached hydrogens (tertiary/aromatic N) is 1. The minimum absolute atomic E-state index is 0.632. The summed E-state index contributed by atoms with van der Waals surface area (Å²) in [5.74, 6) is 2.49. The Kier molecular flexibility index (Phi) is 3.09. The fourth-order valence-electron chi connectivity index (χ4n) is 2.48. The van der Waals surface area contributed by atoms with Gasteiger partial charge >= 0.3 is 0 Å². The molecule has 0 bridgehead atoms. The van der Waals surface area contributed by atoms with Crippen LogP contribution in [0.4, 0.5) is 0 Å². The summed E-state index contributed by atoms with van der Waals surface area (Å²) in [4.78, 5) is 2.16. The maximum absolute atomic E-state index is 7.80. The van der Waals surface area contributed by atoms with Gasteiger partial charge in [0.25, 0.3) is 0 Å². The van der Waals surface area contributed by atoms with E-state index in [0.717, 1.165) is 49.7 Å². The molecule has 2 aliphatic heterocycles. The van der Waals surface area contributed by atoms with E-state index in [1.165, 1.54) is 5.56 Å². The van der Waals surface area contributed by atoms with Crippen molar-refractivity contribution in [1.82, 2.24) is 4.90 Å². The predicted molar refractivity (Wildman–Crippen MR) is 69.7 cm³/mol. The second-order valence-electron chi connectivity index (χ2n) is 4.77. The SMILES string of the molecule is N=C1CCCN1CCc1ccc2c(c1)OCCO2. The number of amidine groups is 1. The molecule has 0 amide bonds. The van der Waals surface area contributed by atoms with Crippen molar-refractivity contribution in [3.05, 3.63) is 23.8 Å². The van der Waals surface area contributed by atoms with Crippen molar-refractivity contribution >= 4 is 5.84 Å². The number of nitrogens with one attached hydrogen (secondary N) is 1. The maximum Gasteiger partial charge on any atom is 0.161 e. The predicted octanol–water partition coefficient (Wildman–Crippen LogP) is 2.07. The smallest absolute Gasteiger partial charge is 0.161 e. The monoisotopic (exact) mass is 246 g/mol. The lowest BCUT2D eigenvalue weighted by molar-refractivity contribution is 0.171. The third-order valence-corrected chi connectivity index (χ3v) is 3.50. The first kappa shape index (κ1) is 11.4. The molecule has 4 nitrogen and oxygen atoms in total. The van der Waals surface area contributed by atoms with E-state index in [2.05, 4.69) is 17.0 Å². The van der Waals surface area contributed by atoms with Crippen LogP contribution < -0.4 is 9.47 Å². The third-order valence-electron chi connectivity index (χ3n) is 3.50. The van der Waals surface area contributed by atoms with Gasteiger partial charge < -0.3 is 14.4 Å².